The number of aromatic nitrogens is 2. The molecule has 1 atom stereocenters. The minimum atomic E-state index is -0.527. The van der Waals surface area contributed by atoms with Crippen molar-refractivity contribution in [2.75, 3.05) is 5.73 Å². The van der Waals surface area contributed by atoms with Gasteiger partial charge in [-0.2, -0.15) is 0 Å². The Hall–Kier alpha value is -2.73. The molecule has 1 aliphatic heterocycles. The first-order valence-corrected chi connectivity index (χ1v) is 7.23. The molecule has 0 bridgehead atoms. The van der Waals surface area contributed by atoms with Gasteiger partial charge in [0.1, 0.15) is 18.0 Å². The number of nitrogens with zero attached hydrogens (tertiary/aromatic N) is 2. The molecule has 0 aliphatic carbocycles. The Labute approximate surface area is 135 Å². The van der Waals surface area contributed by atoms with Crippen LogP contribution >= 0.6 is 11.6 Å². The van der Waals surface area contributed by atoms with Gasteiger partial charge in [-0.1, -0.05) is 17.7 Å². The van der Waals surface area contributed by atoms with Crippen molar-refractivity contribution < 1.29 is 9.18 Å². The third kappa shape index (κ3) is 2.03. The minimum absolute atomic E-state index is 0.297. The molecule has 114 valence electrons. The van der Waals surface area contributed by atoms with Gasteiger partial charge >= 0.3 is 0 Å². The highest BCUT2D eigenvalue weighted by Crippen LogP contribution is 2.38. The van der Waals surface area contributed by atoms with Crippen molar-refractivity contribution in [2.24, 2.45) is 0 Å². The second kappa shape index (κ2) is 4.89. The lowest BCUT2D eigenvalue weighted by Gasteiger charge is -2.14. The van der Waals surface area contributed by atoms with Crippen molar-refractivity contribution in [1.29, 1.82) is 0 Å². The molecular formula is C16H10ClFN4O. The third-order valence-electron chi connectivity index (χ3n) is 3.95. The molecule has 4 rings (SSSR count). The number of anilines is 1. The van der Waals surface area contributed by atoms with Crippen LogP contribution in [-0.4, -0.2) is 15.9 Å². The fourth-order valence-electron chi connectivity index (χ4n) is 2.91. The Kier molecular flexibility index (Phi) is 2.96. The second-order valence-corrected chi connectivity index (χ2v) is 5.66. The van der Waals surface area contributed by atoms with E-state index in [4.69, 9.17) is 17.3 Å². The van der Waals surface area contributed by atoms with Gasteiger partial charge in [-0.25, -0.2) is 14.4 Å². The van der Waals surface area contributed by atoms with Crippen molar-refractivity contribution in [3.05, 3.63) is 64.2 Å². The van der Waals surface area contributed by atoms with Crippen LogP contribution in [0.4, 0.5) is 10.2 Å². The average Bonchev–Trinajstić information content (AvgIpc) is 2.87. The smallest absolute Gasteiger partial charge is 0.254 e. The maximum Gasteiger partial charge on any atom is 0.254 e. The van der Waals surface area contributed by atoms with Crippen LogP contribution in [0.25, 0.3) is 10.9 Å². The molecule has 1 aromatic heterocycles. The molecule has 23 heavy (non-hydrogen) atoms. The van der Waals surface area contributed by atoms with Gasteiger partial charge in [-0.05, 0) is 29.8 Å². The number of halogens is 2. The maximum absolute atomic E-state index is 13.6. The van der Waals surface area contributed by atoms with Crippen LogP contribution in [0.3, 0.4) is 0 Å². The molecule has 0 fully saturated rings. The van der Waals surface area contributed by atoms with Crippen molar-refractivity contribution in [1.82, 2.24) is 15.3 Å². The van der Waals surface area contributed by atoms with Crippen molar-refractivity contribution >= 4 is 34.2 Å². The predicted molar refractivity (Wildman–Crippen MR) is 84.7 cm³/mol. The molecule has 0 spiro atoms. The lowest BCUT2D eigenvalue weighted by atomic mass is 9.96. The van der Waals surface area contributed by atoms with Gasteiger partial charge < -0.3 is 11.1 Å². The Morgan fingerprint density at radius 3 is 2.83 bits per heavy atom. The molecule has 0 radical (unpaired) electrons. The second-order valence-electron chi connectivity index (χ2n) is 5.26. The van der Waals surface area contributed by atoms with Crippen LogP contribution in [0.15, 0.2) is 36.7 Å². The van der Waals surface area contributed by atoms with Crippen molar-refractivity contribution in [2.45, 2.75) is 6.04 Å². The molecule has 1 aliphatic rings. The van der Waals surface area contributed by atoms with E-state index in [2.05, 4.69) is 15.3 Å². The number of carbonyl (C=O) groups is 1. The molecule has 0 saturated carbocycles. The molecule has 3 aromatic rings. The Morgan fingerprint density at radius 1 is 1.17 bits per heavy atom. The number of fused-ring (bicyclic) bond motifs is 3. The zero-order chi connectivity index (χ0) is 16.1. The first-order valence-electron chi connectivity index (χ1n) is 6.85. The molecular weight excluding hydrogens is 319 g/mol. The van der Waals surface area contributed by atoms with Gasteiger partial charge in [0, 0.05) is 16.0 Å². The van der Waals surface area contributed by atoms with Crippen molar-refractivity contribution in [3.8, 4) is 0 Å². The van der Waals surface area contributed by atoms with Crippen LogP contribution in [0, 0.1) is 5.82 Å². The van der Waals surface area contributed by atoms with E-state index in [0.717, 1.165) is 0 Å². The van der Waals surface area contributed by atoms with E-state index in [-0.39, 0.29) is 5.91 Å². The van der Waals surface area contributed by atoms with E-state index in [0.29, 0.717) is 38.4 Å². The molecule has 2 heterocycles. The number of hydrogen-bond acceptors (Lipinski definition) is 4. The summed E-state index contributed by atoms with van der Waals surface area (Å²) in [6, 6.07) is 7.06. The quantitative estimate of drug-likeness (QED) is 0.719. The number of nitrogen functional groups attached to an aromatic ring is 1. The number of rotatable bonds is 1. The largest absolute Gasteiger partial charge is 0.383 e. The number of carbonyl (C=O) groups excluding carboxylic acids is 1. The highest BCUT2D eigenvalue weighted by molar-refractivity contribution is 6.31. The monoisotopic (exact) mass is 328 g/mol. The molecule has 7 heteroatoms. The van der Waals surface area contributed by atoms with E-state index < -0.39 is 11.9 Å². The Bertz CT molecular complexity index is 976. The summed E-state index contributed by atoms with van der Waals surface area (Å²) in [5, 5.41) is 3.81. The zero-order valence-electron chi connectivity index (χ0n) is 11.7. The molecule has 1 unspecified atom stereocenters. The summed E-state index contributed by atoms with van der Waals surface area (Å²) in [7, 11) is 0. The number of amides is 1. The molecule has 5 nitrogen and oxygen atoms in total. The number of benzene rings is 2. The molecule has 0 saturated heterocycles. The SMILES string of the molecule is Nc1ncnc2c3c(ccc12)C(c1cc(F)ccc1Cl)NC3=O. The summed E-state index contributed by atoms with van der Waals surface area (Å²) in [5.41, 5.74) is 7.91. The van der Waals surface area contributed by atoms with Gasteiger partial charge in [0.05, 0.1) is 17.1 Å². The lowest BCUT2D eigenvalue weighted by Crippen LogP contribution is -2.20. The van der Waals surface area contributed by atoms with E-state index in [1.165, 1.54) is 24.5 Å². The summed E-state index contributed by atoms with van der Waals surface area (Å²) in [5.74, 6) is -0.411. The minimum Gasteiger partial charge on any atom is -0.383 e. The summed E-state index contributed by atoms with van der Waals surface area (Å²) in [6.07, 6.45) is 1.31. The summed E-state index contributed by atoms with van der Waals surface area (Å²) in [6.45, 7) is 0. The first kappa shape index (κ1) is 13.9. The molecule has 1 amide bonds. The van der Waals surface area contributed by atoms with Gasteiger partial charge in [0.25, 0.3) is 5.91 Å². The van der Waals surface area contributed by atoms with Crippen molar-refractivity contribution in [3.63, 3.8) is 0 Å². The van der Waals surface area contributed by atoms with Gasteiger partial charge in [-0.15, -0.1) is 0 Å². The third-order valence-corrected chi connectivity index (χ3v) is 4.30. The lowest BCUT2D eigenvalue weighted by molar-refractivity contribution is 0.0961. The number of nitrogens with two attached hydrogens (primary N) is 1. The highest BCUT2D eigenvalue weighted by atomic mass is 35.5. The normalized spacial score (nSPS) is 16.4. The topological polar surface area (TPSA) is 80.9 Å². The van der Waals surface area contributed by atoms with Gasteiger partial charge in [0.2, 0.25) is 0 Å². The summed E-state index contributed by atoms with van der Waals surface area (Å²) >= 11 is 6.17. The van der Waals surface area contributed by atoms with Crippen LogP contribution in [0.5, 0.6) is 0 Å². The molecule has 2 aromatic carbocycles. The van der Waals surface area contributed by atoms with E-state index >= 15 is 0 Å². The Morgan fingerprint density at radius 2 is 2.00 bits per heavy atom. The van der Waals surface area contributed by atoms with E-state index in [9.17, 15) is 9.18 Å². The number of nitrogens with one attached hydrogen (secondary N) is 1. The maximum atomic E-state index is 13.6. The summed E-state index contributed by atoms with van der Waals surface area (Å²) in [4.78, 5) is 20.5. The Balaban J connectivity index is 1.98. The fourth-order valence-corrected chi connectivity index (χ4v) is 3.13. The number of hydrogen-bond donors (Lipinski definition) is 2. The van der Waals surface area contributed by atoms with Crippen LogP contribution in [0.2, 0.25) is 5.02 Å². The first-order chi connectivity index (χ1) is 11.1. The standard InChI is InChI=1S/C16H10ClFN4O/c17-11-4-1-7(18)5-10(11)13-8-2-3-9-14(12(8)16(23)22-13)20-6-21-15(9)19/h1-6,13H,(H,22,23)(H2,19,20,21). The van der Waals surface area contributed by atoms with Crippen LogP contribution < -0.4 is 11.1 Å². The van der Waals surface area contributed by atoms with Gasteiger partial charge in [-0.3, -0.25) is 4.79 Å². The van der Waals surface area contributed by atoms with Crippen LogP contribution in [-0.2, 0) is 0 Å². The van der Waals surface area contributed by atoms with Crippen LogP contribution in [0.1, 0.15) is 27.5 Å². The van der Waals surface area contributed by atoms with Gasteiger partial charge in [0.15, 0.2) is 0 Å². The summed E-state index contributed by atoms with van der Waals surface area (Å²) < 4.78 is 13.6. The fraction of sp³-hybridized carbons (Fsp3) is 0.0625. The average molecular weight is 329 g/mol. The molecule has 3 N–H and O–H groups in total. The highest BCUT2D eigenvalue weighted by Gasteiger charge is 2.33. The van der Waals surface area contributed by atoms with E-state index in [1.54, 1.807) is 12.1 Å². The van der Waals surface area contributed by atoms with E-state index in [1.807, 2.05) is 0 Å². The zero-order valence-corrected chi connectivity index (χ0v) is 12.4. The predicted octanol–water partition coefficient (Wildman–Crippen LogP) is 2.84.